The van der Waals surface area contributed by atoms with Gasteiger partial charge in [-0.3, -0.25) is 14.5 Å². The van der Waals surface area contributed by atoms with Gasteiger partial charge in [-0.15, -0.1) is 0 Å². The molecule has 2 rings (SSSR count). The Balaban J connectivity index is 2.11. The molecule has 1 unspecified atom stereocenters. The molecule has 124 valence electrons. The summed E-state index contributed by atoms with van der Waals surface area (Å²) in [6.07, 6.45) is 0.965. The lowest BCUT2D eigenvalue weighted by Crippen LogP contribution is -2.49. The number of hydrogen-bond donors (Lipinski definition) is 2. The molecule has 0 spiro atoms. The van der Waals surface area contributed by atoms with Crippen LogP contribution in [0.5, 0.6) is 5.75 Å². The van der Waals surface area contributed by atoms with Crippen molar-refractivity contribution in [1.82, 2.24) is 5.32 Å². The Kier molecular flexibility index (Phi) is 5.59. The normalized spacial score (nSPS) is 14.7. The van der Waals surface area contributed by atoms with Gasteiger partial charge in [-0.1, -0.05) is 29.3 Å². The molecule has 1 heterocycles. The van der Waals surface area contributed by atoms with Crippen LogP contribution >= 0.6 is 15.9 Å². The van der Waals surface area contributed by atoms with Crippen molar-refractivity contribution in [2.24, 2.45) is 0 Å². The molecule has 23 heavy (non-hydrogen) atoms. The van der Waals surface area contributed by atoms with E-state index in [1.807, 2.05) is 6.92 Å². The predicted octanol–water partition coefficient (Wildman–Crippen LogP) is 1.54. The number of fused-ring (bicyclic) bond motifs is 1. The van der Waals surface area contributed by atoms with E-state index in [0.717, 1.165) is 4.47 Å². The number of halogens is 1. The molecule has 0 aliphatic carbocycles. The largest absolute Gasteiger partial charge is 0.482 e. The van der Waals surface area contributed by atoms with E-state index in [1.165, 1.54) is 4.90 Å². The Morgan fingerprint density at radius 2 is 2.22 bits per heavy atom. The summed E-state index contributed by atoms with van der Waals surface area (Å²) in [5, 5.41) is 11.5. The average Bonchev–Trinajstić information content (AvgIpc) is 2.49. The highest BCUT2D eigenvalue weighted by Gasteiger charge is 2.28. The van der Waals surface area contributed by atoms with Gasteiger partial charge in [0.25, 0.3) is 5.91 Å². The summed E-state index contributed by atoms with van der Waals surface area (Å²) >= 11 is 3.31. The molecule has 2 amide bonds. The number of nitrogens with zero attached hydrogens (tertiary/aromatic N) is 1. The van der Waals surface area contributed by atoms with Crippen LogP contribution in [0.1, 0.15) is 19.8 Å². The van der Waals surface area contributed by atoms with Crippen LogP contribution in [0.2, 0.25) is 0 Å². The summed E-state index contributed by atoms with van der Waals surface area (Å²) in [6, 6.07) is 4.17. The van der Waals surface area contributed by atoms with E-state index in [0.29, 0.717) is 24.3 Å². The van der Waals surface area contributed by atoms with Crippen LogP contribution < -0.4 is 15.0 Å². The first-order chi connectivity index (χ1) is 10.9. The van der Waals surface area contributed by atoms with Gasteiger partial charge in [-0.05, 0) is 24.6 Å². The van der Waals surface area contributed by atoms with E-state index in [2.05, 4.69) is 21.2 Å². The van der Waals surface area contributed by atoms with Gasteiger partial charge in [-0.2, -0.15) is 0 Å². The fourth-order valence-electron chi connectivity index (χ4n) is 2.28. The van der Waals surface area contributed by atoms with Gasteiger partial charge < -0.3 is 15.2 Å². The maximum Gasteiger partial charge on any atom is 0.326 e. The molecule has 0 bridgehead atoms. The molecule has 2 N–H and O–H groups in total. The lowest BCUT2D eigenvalue weighted by molar-refractivity contribution is -0.141. The summed E-state index contributed by atoms with van der Waals surface area (Å²) in [4.78, 5) is 36.5. The molecular formula is C15H17BrN2O5. The number of carbonyl (C=O) groups is 3. The first-order valence-electron chi connectivity index (χ1n) is 7.17. The van der Waals surface area contributed by atoms with Gasteiger partial charge in [0.15, 0.2) is 6.61 Å². The highest BCUT2D eigenvalue weighted by molar-refractivity contribution is 9.10. The van der Waals surface area contributed by atoms with Gasteiger partial charge in [0.2, 0.25) is 5.91 Å². The van der Waals surface area contributed by atoms with Crippen molar-refractivity contribution in [3.8, 4) is 5.75 Å². The zero-order valence-corrected chi connectivity index (χ0v) is 14.1. The van der Waals surface area contributed by atoms with E-state index in [-0.39, 0.29) is 19.1 Å². The third kappa shape index (κ3) is 4.22. The van der Waals surface area contributed by atoms with Crippen LogP contribution in [0.3, 0.4) is 0 Å². The summed E-state index contributed by atoms with van der Waals surface area (Å²) in [5.74, 6) is -1.46. The lowest BCUT2D eigenvalue weighted by Gasteiger charge is -2.29. The Bertz CT molecular complexity index is 634. The maximum absolute atomic E-state index is 12.1. The first-order valence-corrected chi connectivity index (χ1v) is 7.96. The number of carbonyl (C=O) groups excluding carboxylic acids is 2. The quantitative estimate of drug-likeness (QED) is 0.775. The minimum absolute atomic E-state index is 0.159. The van der Waals surface area contributed by atoms with E-state index in [4.69, 9.17) is 9.84 Å². The molecule has 1 aliphatic heterocycles. The predicted molar refractivity (Wildman–Crippen MR) is 86.5 cm³/mol. The monoisotopic (exact) mass is 384 g/mol. The number of aliphatic carboxylic acids is 1. The van der Waals surface area contributed by atoms with Gasteiger partial charge >= 0.3 is 5.97 Å². The average molecular weight is 385 g/mol. The molecule has 0 fully saturated rings. The third-order valence-corrected chi connectivity index (χ3v) is 3.87. The topological polar surface area (TPSA) is 95.9 Å². The molecule has 1 aromatic rings. The Morgan fingerprint density at radius 1 is 1.48 bits per heavy atom. The van der Waals surface area contributed by atoms with Gasteiger partial charge in [0.1, 0.15) is 18.3 Å². The van der Waals surface area contributed by atoms with Crippen LogP contribution in [0.25, 0.3) is 0 Å². The smallest absolute Gasteiger partial charge is 0.326 e. The van der Waals surface area contributed by atoms with Crippen LogP contribution in [0.4, 0.5) is 5.69 Å². The zero-order valence-electron chi connectivity index (χ0n) is 12.5. The van der Waals surface area contributed by atoms with Gasteiger partial charge in [-0.25, -0.2) is 4.79 Å². The second kappa shape index (κ2) is 7.45. The van der Waals surface area contributed by atoms with E-state index < -0.39 is 17.9 Å². The SMILES string of the molecule is CCCC(NC(=O)CN1C(=O)COc2cc(Br)ccc21)C(=O)O. The number of nitrogens with one attached hydrogen (secondary N) is 1. The molecule has 0 saturated carbocycles. The van der Waals surface area contributed by atoms with Crippen LogP contribution in [0, 0.1) is 0 Å². The fourth-order valence-corrected chi connectivity index (χ4v) is 2.62. The first kappa shape index (κ1) is 17.3. The van der Waals surface area contributed by atoms with Crippen LogP contribution in [-0.4, -0.2) is 42.1 Å². The minimum atomic E-state index is -1.09. The Hall–Kier alpha value is -2.09. The molecule has 1 aromatic carbocycles. The number of rotatable bonds is 6. The molecule has 8 heteroatoms. The molecule has 1 atom stereocenters. The highest BCUT2D eigenvalue weighted by atomic mass is 79.9. The molecule has 0 radical (unpaired) electrons. The second-order valence-electron chi connectivity index (χ2n) is 5.13. The third-order valence-electron chi connectivity index (χ3n) is 3.38. The van der Waals surface area contributed by atoms with Gasteiger partial charge in [0.05, 0.1) is 5.69 Å². The van der Waals surface area contributed by atoms with Crippen molar-refractivity contribution in [3.63, 3.8) is 0 Å². The van der Waals surface area contributed by atoms with Crippen molar-refractivity contribution in [1.29, 1.82) is 0 Å². The van der Waals surface area contributed by atoms with Gasteiger partial charge in [0, 0.05) is 4.47 Å². The van der Waals surface area contributed by atoms with Crippen molar-refractivity contribution in [3.05, 3.63) is 22.7 Å². The highest BCUT2D eigenvalue weighted by Crippen LogP contribution is 2.34. The Labute approximate surface area is 141 Å². The maximum atomic E-state index is 12.1. The number of carboxylic acids is 1. The van der Waals surface area contributed by atoms with Crippen molar-refractivity contribution >= 4 is 39.4 Å². The van der Waals surface area contributed by atoms with E-state index in [9.17, 15) is 14.4 Å². The van der Waals surface area contributed by atoms with Crippen molar-refractivity contribution < 1.29 is 24.2 Å². The molecule has 0 saturated heterocycles. The lowest BCUT2D eigenvalue weighted by atomic mass is 10.1. The number of ether oxygens (including phenoxy) is 1. The molecule has 0 aromatic heterocycles. The number of anilines is 1. The fraction of sp³-hybridized carbons (Fsp3) is 0.400. The number of hydrogen-bond acceptors (Lipinski definition) is 4. The minimum Gasteiger partial charge on any atom is -0.482 e. The summed E-state index contributed by atoms with van der Waals surface area (Å²) in [7, 11) is 0. The molecule has 1 aliphatic rings. The summed E-state index contributed by atoms with van der Waals surface area (Å²) in [6.45, 7) is 1.43. The second-order valence-corrected chi connectivity index (χ2v) is 6.04. The van der Waals surface area contributed by atoms with Crippen molar-refractivity contribution in [2.75, 3.05) is 18.1 Å². The van der Waals surface area contributed by atoms with Crippen molar-refractivity contribution in [2.45, 2.75) is 25.8 Å². The molecular weight excluding hydrogens is 368 g/mol. The standard InChI is InChI=1S/C15H17BrN2O5/c1-2-3-10(15(21)22)17-13(19)7-18-11-5-4-9(16)6-12(11)23-8-14(18)20/h4-6,10H,2-3,7-8H2,1H3,(H,17,19)(H,21,22). The van der Waals surface area contributed by atoms with Crippen LogP contribution in [-0.2, 0) is 14.4 Å². The number of benzene rings is 1. The molecule has 7 nitrogen and oxygen atoms in total. The van der Waals surface area contributed by atoms with Crippen LogP contribution in [0.15, 0.2) is 22.7 Å². The Morgan fingerprint density at radius 3 is 2.87 bits per heavy atom. The number of carboxylic acid groups (broad SMARTS) is 1. The van der Waals surface area contributed by atoms with E-state index >= 15 is 0 Å². The summed E-state index contributed by atoms with van der Waals surface area (Å²) in [5.41, 5.74) is 0.488. The van der Waals surface area contributed by atoms with E-state index in [1.54, 1.807) is 18.2 Å². The number of amides is 2. The zero-order chi connectivity index (χ0) is 17.0. The summed E-state index contributed by atoms with van der Waals surface area (Å²) < 4.78 is 6.13.